The summed E-state index contributed by atoms with van der Waals surface area (Å²) in [6.07, 6.45) is 5.48. The predicted molar refractivity (Wildman–Crippen MR) is 99.8 cm³/mol. The fourth-order valence-corrected chi connectivity index (χ4v) is 4.25. The van der Waals surface area contributed by atoms with Crippen molar-refractivity contribution in [1.29, 1.82) is 0 Å². The van der Waals surface area contributed by atoms with Gasteiger partial charge in [0.05, 0.1) is 12.3 Å². The van der Waals surface area contributed by atoms with Crippen LogP contribution in [-0.2, 0) is 4.79 Å². The standard InChI is InChI=1S/C19H28N2O2.ClH/c1-3-23-17-9-12(2)7-8-16(17)21-19(22)15-10-13-5-4-6-14(11-15)18(13)20;/h7-9,13-15,18H,3-6,10-11,20H2,1-2H3,(H,21,22);1H. The average molecular weight is 353 g/mol. The van der Waals surface area contributed by atoms with Gasteiger partial charge in [-0.1, -0.05) is 12.5 Å². The summed E-state index contributed by atoms with van der Waals surface area (Å²) in [6.45, 7) is 4.57. The minimum Gasteiger partial charge on any atom is -0.492 e. The highest BCUT2D eigenvalue weighted by Gasteiger charge is 2.40. The van der Waals surface area contributed by atoms with E-state index in [-0.39, 0.29) is 24.2 Å². The number of carbonyl (C=O) groups is 1. The molecule has 2 fully saturated rings. The number of anilines is 1. The third kappa shape index (κ3) is 4.04. The molecule has 1 aromatic rings. The molecule has 2 bridgehead atoms. The third-order valence-electron chi connectivity index (χ3n) is 5.48. The number of benzene rings is 1. The molecular weight excluding hydrogens is 324 g/mol. The van der Waals surface area contributed by atoms with Crippen molar-refractivity contribution in [2.45, 2.75) is 52.0 Å². The van der Waals surface area contributed by atoms with Crippen LogP contribution >= 0.6 is 12.4 Å². The van der Waals surface area contributed by atoms with Gasteiger partial charge in [0, 0.05) is 12.0 Å². The molecule has 1 aromatic carbocycles. The van der Waals surface area contributed by atoms with Gasteiger partial charge in [0.25, 0.3) is 0 Å². The maximum absolute atomic E-state index is 12.7. The van der Waals surface area contributed by atoms with Crippen LogP contribution in [0.5, 0.6) is 5.75 Å². The summed E-state index contributed by atoms with van der Waals surface area (Å²) in [5, 5.41) is 3.09. The maximum atomic E-state index is 12.7. The molecule has 0 heterocycles. The minimum atomic E-state index is 0. The van der Waals surface area contributed by atoms with Gasteiger partial charge in [-0.05, 0) is 69.1 Å². The smallest absolute Gasteiger partial charge is 0.227 e. The van der Waals surface area contributed by atoms with Crippen LogP contribution in [0.4, 0.5) is 5.69 Å². The lowest BCUT2D eigenvalue weighted by molar-refractivity contribution is -0.122. The zero-order valence-corrected chi connectivity index (χ0v) is 15.4. The fourth-order valence-electron chi connectivity index (χ4n) is 4.25. The maximum Gasteiger partial charge on any atom is 0.227 e. The molecule has 2 aliphatic carbocycles. The average Bonchev–Trinajstić information content (AvgIpc) is 2.50. The molecule has 3 N–H and O–H groups in total. The Labute approximate surface area is 150 Å². The monoisotopic (exact) mass is 352 g/mol. The quantitative estimate of drug-likeness (QED) is 0.863. The van der Waals surface area contributed by atoms with E-state index in [1.807, 2.05) is 32.0 Å². The number of rotatable bonds is 4. The normalized spacial score (nSPS) is 28.6. The molecule has 2 unspecified atom stereocenters. The van der Waals surface area contributed by atoms with Crippen molar-refractivity contribution in [2.75, 3.05) is 11.9 Å². The van der Waals surface area contributed by atoms with E-state index in [2.05, 4.69) is 5.32 Å². The number of nitrogens with one attached hydrogen (secondary N) is 1. The zero-order chi connectivity index (χ0) is 16.4. The SMILES string of the molecule is CCOc1cc(C)ccc1NC(=O)C1CC2CCCC(C1)C2N.Cl. The number of carbonyl (C=O) groups excluding carboxylic acids is 1. The molecule has 0 saturated heterocycles. The van der Waals surface area contributed by atoms with Crippen LogP contribution < -0.4 is 15.8 Å². The largest absolute Gasteiger partial charge is 0.492 e. The lowest BCUT2D eigenvalue weighted by Gasteiger charge is -2.43. The van der Waals surface area contributed by atoms with Gasteiger partial charge in [-0.2, -0.15) is 0 Å². The molecule has 3 rings (SSSR count). The van der Waals surface area contributed by atoms with Crippen LogP contribution in [0.25, 0.3) is 0 Å². The predicted octanol–water partition coefficient (Wildman–Crippen LogP) is 3.91. The van der Waals surface area contributed by atoms with Gasteiger partial charge in [0.1, 0.15) is 5.75 Å². The van der Waals surface area contributed by atoms with Crippen LogP contribution in [0, 0.1) is 24.7 Å². The first-order valence-corrected chi connectivity index (χ1v) is 8.88. The molecule has 0 aromatic heterocycles. The van der Waals surface area contributed by atoms with E-state index < -0.39 is 0 Å². The Morgan fingerprint density at radius 3 is 2.58 bits per heavy atom. The summed E-state index contributed by atoms with van der Waals surface area (Å²) in [7, 11) is 0. The summed E-state index contributed by atoms with van der Waals surface area (Å²) >= 11 is 0. The Balaban J connectivity index is 0.00000208. The van der Waals surface area contributed by atoms with Crippen molar-refractivity contribution in [3.63, 3.8) is 0 Å². The molecule has 1 amide bonds. The van der Waals surface area contributed by atoms with Crippen molar-refractivity contribution >= 4 is 24.0 Å². The highest BCUT2D eigenvalue weighted by Crippen LogP contribution is 2.42. The number of fused-ring (bicyclic) bond motifs is 2. The molecule has 0 spiro atoms. The highest BCUT2D eigenvalue weighted by atomic mass is 35.5. The number of aryl methyl sites for hydroxylation is 1. The van der Waals surface area contributed by atoms with E-state index >= 15 is 0 Å². The molecule has 0 aliphatic heterocycles. The second-order valence-corrected chi connectivity index (χ2v) is 7.12. The van der Waals surface area contributed by atoms with Gasteiger partial charge in [0.15, 0.2) is 0 Å². The fraction of sp³-hybridized carbons (Fsp3) is 0.632. The third-order valence-corrected chi connectivity index (χ3v) is 5.48. The summed E-state index contributed by atoms with van der Waals surface area (Å²) in [5.41, 5.74) is 8.24. The van der Waals surface area contributed by atoms with E-state index in [0.29, 0.717) is 24.5 Å². The van der Waals surface area contributed by atoms with Crippen LogP contribution in [0.1, 0.15) is 44.6 Å². The number of hydrogen-bond acceptors (Lipinski definition) is 3. The first-order chi connectivity index (χ1) is 11.1. The molecule has 2 atom stereocenters. The van der Waals surface area contributed by atoms with Crippen molar-refractivity contribution in [3.8, 4) is 5.75 Å². The van der Waals surface area contributed by atoms with E-state index in [9.17, 15) is 4.79 Å². The molecule has 134 valence electrons. The van der Waals surface area contributed by atoms with E-state index in [1.165, 1.54) is 19.3 Å². The Hall–Kier alpha value is -1.26. The Morgan fingerprint density at radius 1 is 1.29 bits per heavy atom. The van der Waals surface area contributed by atoms with Crippen molar-refractivity contribution in [2.24, 2.45) is 23.5 Å². The molecule has 4 nitrogen and oxygen atoms in total. The van der Waals surface area contributed by atoms with Gasteiger partial charge in [-0.3, -0.25) is 4.79 Å². The lowest BCUT2D eigenvalue weighted by atomic mass is 9.65. The minimum absolute atomic E-state index is 0. The Morgan fingerprint density at radius 2 is 1.96 bits per heavy atom. The number of halogens is 1. The summed E-state index contributed by atoms with van der Waals surface area (Å²) in [5.74, 6) is 2.00. The van der Waals surface area contributed by atoms with Gasteiger partial charge in [-0.25, -0.2) is 0 Å². The first-order valence-electron chi connectivity index (χ1n) is 8.88. The lowest BCUT2D eigenvalue weighted by Crippen LogP contribution is -2.48. The van der Waals surface area contributed by atoms with Crippen molar-refractivity contribution < 1.29 is 9.53 Å². The topological polar surface area (TPSA) is 64.3 Å². The van der Waals surface area contributed by atoms with E-state index in [0.717, 1.165) is 29.8 Å². The summed E-state index contributed by atoms with van der Waals surface area (Å²) in [6, 6.07) is 6.22. The number of nitrogens with two attached hydrogens (primary N) is 1. The molecule has 0 radical (unpaired) electrons. The molecule has 2 aliphatic rings. The van der Waals surface area contributed by atoms with E-state index in [1.54, 1.807) is 0 Å². The van der Waals surface area contributed by atoms with Crippen LogP contribution in [0.15, 0.2) is 18.2 Å². The molecule has 5 heteroatoms. The molecular formula is C19H29ClN2O2. The first kappa shape index (κ1) is 19.1. The van der Waals surface area contributed by atoms with E-state index in [4.69, 9.17) is 10.5 Å². The molecule has 2 saturated carbocycles. The van der Waals surface area contributed by atoms with Crippen LogP contribution in [0.2, 0.25) is 0 Å². The Bertz CT molecular complexity index is 564. The summed E-state index contributed by atoms with van der Waals surface area (Å²) < 4.78 is 5.66. The summed E-state index contributed by atoms with van der Waals surface area (Å²) in [4.78, 5) is 12.7. The number of hydrogen-bond donors (Lipinski definition) is 2. The Kier molecular flexibility index (Phi) is 6.53. The van der Waals surface area contributed by atoms with Crippen molar-refractivity contribution in [3.05, 3.63) is 23.8 Å². The van der Waals surface area contributed by atoms with Gasteiger partial charge >= 0.3 is 0 Å². The van der Waals surface area contributed by atoms with Gasteiger partial charge in [-0.15, -0.1) is 12.4 Å². The second-order valence-electron chi connectivity index (χ2n) is 7.12. The number of ether oxygens (including phenoxy) is 1. The van der Waals surface area contributed by atoms with Crippen molar-refractivity contribution in [1.82, 2.24) is 0 Å². The van der Waals surface area contributed by atoms with Crippen LogP contribution in [-0.4, -0.2) is 18.6 Å². The van der Waals surface area contributed by atoms with Gasteiger partial charge in [0.2, 0.25) is 5.91 Å². The highest BCUT2D eigenvalue weighted by molar-refractivity contribution is 5.94. The molecule has 24 heavy (non-hydrogen) atoms. The number of amides is 1. The van der Waals surface area contributed by atoms with Crippen LogP contribution in [0.3, 0.4) is 0 Å². The van der Waals surface area contributed by atoms with Gasteiger partial charge < -0.3 is 15.8 Å². The zero-order valence-electron chi connectivity index (χ0n) is 14.6. The second kappa shape index (κ2) is 8.21.